The predicted octanol–water partition coefficient (Wildman–Crippen LogP) is 2.64. The molecule has 0 fully saturated rings. The number of rotatable bonds is 5. The normalized spacial score (nSPS) is 15.5. The van der Waals surface area contributed by atoms with Crippen LogP contribution >= 0.6 is 0 Å². The molecule has 0 aliphatic carbocycles. The van der Waals surface area contributed by atoms with Crippen molar-refractivity contribution in [1.82, 2.24) is 5.32 Å². The quantitative estimate of drug-likeness (QED) is 0.604. The molecule has 0 radical (unpaired) electrons. The van der Waals surface area contributed by atoms with Crippen molar-refractivity contribution in [3.63, 3.8) is 0 Å². The number of anilines is 1. The third-order valence-electron chi connectivity index (χ3n) is 5.11. The van der Waals surface area contributed by atoms with Gasteiger partial charge in [0.25, 0.3) is 11.8 Å². The maximum Gasteiger partial charge on any atom is 0.269 e. The van der Waals surface area contributed by atoms with Crippen LogP contribution in [0.15, 0.2) is 82.7 Å². The van der Waals surface area contributed by atoms with Crippen LogP contribution in [-0.4, -0.2) is 45.5 Å². The Hall–Kier alpha value is -3.98. The zero-order chi connectivity index (χ0) is 23.6. The highest BCUT2D eigenvalue weighted by Crippen LogP contribution is 2.25. The SMILES string of the molecule is COc1cc(S(C)(=O)=O)ccc1C(=O)NC1N=C(c2ccccc2)c2ccccc2NC1=O. The number of sulfone groups is 1. The van der Waals surface area contributed by atoms with Gasteiger partial charge in [-0.1, -0.05) is 48.5 Å². The molecule has 1 aliphatic heterocycles. The van der Waals surface area contributed by atoms with Crippen LogP contribution in [0.2, 0.25) is 0 Å². The van der Waals surface area contributed by atoms with Crippen LogP contribution in [0, 0.1) is 0 Å². The number of carbonyl (C=O) groups excluding carboxylic acids is 2. The number of aliphatic imine (C=N–C) groups is 1. The van der Waals surface area contributed by atoms with Crippen molar-refractivity contribution in [1.29, 1.82) is 0 Å². The van der Waals surface area contributed by atoms with Gasteiger partial charge in [0.2, 0.25) is 6.17 Å². The molecular formula is C24H21N3O5S. The summed E-state index contributed by atoms with van der Waals surface area (Å²) in [4.78, 5) is 30.6. The van der Waals surface area contributed by atoms with E-state index >= 15 is 0 Å². The number of nitrogens with one attached hydrogen (secondary N) is 2. The van der Waals surface area contributed by atoms with Crippen molar-refractivity contribution in [2.24, 2.45) is 4.99 Å². The molecule has 4 rings (SSSR count). The summed E-state index contributed by atoms with van der Waals surface area (Å²) in [5.74, 6) is -1.07. The van der Waals surface area contributed by atoms with Crippen LogP contribution in [-0.2, 0) is 14.6 Å². The molecule has 3 aromatic rings. The number of nitrogens with zero attached hydrogens (tertiary/aromatic N) is 1. The highest BCUT2D eigenvalue weighted by molar-refractivity contribution is 7.90. The maximum atomic E-state index is 13.0. The second kappa shape index (κ2) is 8.87. The fourth-order valence-electron chi connectivity index (χ4n) is 3.47. The second-order valence-corrected chi connectivity index (χ2v) is 9.40. The first-order chi connectivity index (χ1) is 15.8. The summed E-state index contributed by atoms with van der Waals surface area (Å²) in [5.41, 5.74) is 2.72. The Labute approximate surface area is 191 Å². The van der Waals surface area contributed by atoms with Crippen molar-refractivity contribution in [3.05, 3.63) is 89.5 Å². The van der Waals surface area contributed by atoms with Crippen LogP contribution in [0.5, 0.6) is 5.75 Å². The Morgan fingerprint density at radius 2 is 1.73 bits per heavy atom. The lowest BCUT2D eigenvalue weighted by Gasteiger charge is -2.15. The summed E-state index contributed by atoms with van der Waals surface area (Å²) in [7, 11) is -2.15. The molecule has 2 amide bonds. The first-order valence-corrected chi connectivity index (χ1v) is 11.9. The van der Waals surface area contributed by atoms with Gasteiger partial charge >= 0.3 is 0 Å². The molecular weight excluding hydrogens is 442 g/mol. The van der Waals surface area contributed by atoms with Crippen molar-refractivity contribution < 1.29 is 22.7 Å². The molecule has 9 heteroatoms. The van der Waals surface area contributed by atoms with Gasteiger partial charge < -0.3 is 15.4 Å². The smallest absolute Gasteiger partial charge is 0.269 e. The molecule has 0 aromatic heterocycles. The number of ether oxygens (including phenoxy) is 1. The maximum absolute atomic E-state index is 13.0. The monoisotopic (exact) mass is 463 g/mol. The summed E-state index contributed by atoms with van der Waals surface area (Å²) in [5, 5.41) is 5.43. The standard InChI is InChI=1S/C24H21N3O5S/c1-32-20-14-16(33(2,30)31)12-13-18(20)23(28)27-22-24(29)25-19-11-7-6-10-17(19)21(26-22)15-8-4-3-5-9-15/h3-14,22H,1-2H3,(H,25,29)(H,27,28). The summed E-state index contributed by atoms with van der Waals surface area (Å²) in [6.45, 7) is 0. The van der Waals surface area contributed by atoms with Crippen molar-refractivity contribution in [3.8, 4) is 5.75 Å². The van der Waals surface area contributed by atoms with E-state index in [2.05, 4.69) is 15.6 Å². The van der Waals surface area contributed by atoms with E-state index in [0.29, 0.717) is 11.4 Å². The lowest BCUT2D eigenvalue weighted by molar-refractivity contribution is -0.117. The molecule has 1 unspecified atom stereocenters. The summed E-state index contributed by atoms with van der Waals surface area (Å²) in [6.07, 6.45) is -0.158. The minimum Gasteiger partial charge on any atom is -0.496 e. The number of benzene rings is 3. The third-order valence-corrected chi connectivity index (χ3v) is 6.22. The van der Waals surface area contributed by atoms with Gasteiger partial charge in [0.1, 0.15) is 5.75 Å². The van der Waals surface area contributed by atoms with Gasteiger partial charge in [0.15, 0.2) is 9.84 Å². The van der Waals surface area contributed by atoms with E-state index in [0.717, 1.165) is 17.4 Å². The number of amides is 2. The van der Waals surface area contributed by atoms with Gasteiger partial charge in [0, 0.05) is 17.4 Å². The minimum absolute atomic E-state index is 0.0166. The van der Waals surface area contributed by atoms with Gasteiger partial charge in [-0.3, -0.25) is 9.59 Å². The third kappa shape index (κ3) is 4.63. The van der Waals surface area contributed by atoms with Crippen molar-refractivity contribution in [2.45, 2.75) is 11.1 Å². The fraction of sp³-hybridized carbons (Fsp3) is 0.125. The molecule has 8 nitrogen and oxygen atoms in total. The van der Waals surface area contributed by atoms with E-state index < -0.39 is 27.8 Å². The van der Waals surface area contributed by atoms with Gasteiger partial charge in [-0.15, -0.1) is 0 Å². The molecule has 1 heterocycles. The molecule has 168 valence electrons. The topological polar surface area (TPSA) is 114 Å². The first-order valence-electron chi connectivity index (χ1n) is 10.0. The number of carbonyl (C=O) groups is 2. The van der Waals surface area contributed by atoms with Gasteiger partial charge in [-0.05, 0) is 24.3 Å². The summed E-state index contributed by atoms with van der Waals surface area (Å²) >= 11 is 0. The van der Waals surface area contributed by atoms with Crippen molar-refractivity contribution >= 4 is 33.1 Å². The van der Waals surface area contributed by atoms with Gasteiger partial charge in [0.05, 0.1) is 29.0 Å². The Morgan fingerprint density at radius 1 is 1.03 bits per heavy atom. The minimum atomic E-state index is -3.48. The van der Waals surface area contributed by atoms with Gasteiger partial charge in [-0.25, -0.2) is 13.4 Å². The molecule has 0 saturated carbocycles. The molecule has 0 spiro atoms. The largest absolute Gasteiger partial charge is 0.496 e. The van der Waals surface area contributed by atoms with Crippen LogP contribution in [0.1, 0.15) is 21.5 Å². The summed E-state index contributed by atoms with van der Waals surface area (Å²) in [6, 6.07) is 20.5. The van der Waals surface area contributed by atoms with E-state index in [9.17, 15) is 18.0 Å². The average Bonchev–Trinajstić information content (AvgIpc) is 2.95. The molecule has 33 heavy (non-hydrogen) atoms. The molecule has 1 aliphatic rings. The lowest BCUT2D eigenvalue weighted by atomic mass is 10.0. The van der Waals surface area contributed by atoms with Crippen molar-refractivity contribution in [2.75, 3.05) is 18.7 Å². The zero-order valence-corrected chi connectivity index (χ0v) is 18.7. The predicted molar refractivity (Wildman–Crippen MR) is 125 cm³/mol. The van der Waals surface area contributed by atoms with E-state index in [-0.39, 0.29) is 16.2 Å². The lowest BCUT2D eigenvalue weighted by Crippen LogP contribution is -2.42. The molecule has 0 saturated heterocycles. The van der Waals surface area contributed by atoms with E-state index in [1.165, 1.54) is 25.3 Å². The number of hydrogen-bond acceptors (Lipinski definition) is 6. The molecule has 0 bridgehead atoms. The van der Waals surface area contributed by atoms with Crippen LogP contribution in [0.3, 0.4) is 0 Å². The van der Waals surface area contributed by atoms with E-state index in [1.54, 1.807) is 12.1 Å². The molecule has 2 N–H and O–H groups in total. The Bertz CT molecular complexity index is 1370. The molecule has 3 aromatic carbocycles. The van der Waals surface area contributed by atoms with E-state index in [1.807, 2.05) is 42.5 Å². The van der Waals surface area contributed by atoms with Crippen LogP contribution in [0.4, 0.5) is 5.69 Å². The Balaban J connectivity index is 1.72. The Kier molecular flexibility index (Phi) is 5.97. The highest BCUT2D eigenvalue weighted by atomic mass is 32.2. The average molecular weight is 464 g/mol. The van der Waals surface area contributed by atoms with Crippen LogP contribution in [0.25, 0.3) is 0 Å². The number of para-hydroxylation sites is 1. The van der Waals surface area contributed by atoms with E-state index in [4.69, 9.17) is 4.74 Å². The number of methoxy groups -OCH3 is 1. The fourth-order valence-corrected chi connectivity index (χ4v) is 4.11. The highest BCUT2D eigenvalue weighted by Gasteiger charge is 2.28. The Morgan fingerprint density at radius 3 is 2.42 bits per heavy atom. The number of hydrogen-bond donors (Lipinski definition) is 2. The number of benzodiazepines with no additional fused rings is 1. The summed E-state index contributed by atoms with van der Waals surface area (Å²) < 4.78 is 28.9. The van der Waals surface area contributed by atoms with Gasteiger partial charge in [-0.2, -0.15) is 0 Å². The molecule has 1 atom stereocenters. The number of fused-ring (bicyclic) bond motifs is 1. The second-order valence-electron chi connectivity index (χ2n) is 7.39. The van der Waals surface area contributed by atoms with Crippen LogP contribution < -0.4 is 15.4 Å². The first kappa shape index (κ1) is 22.2. The zero-order valence-electron chi connectivity index (χ0n) is 17.9.